The molecule has 0 saturated carbocycles. The molecule has 2 aliphatic heterocycles. The third kappa shape index (κ3) is 4.20. The number of rotatable bonds is 4. The van der Waals surface area contributed by atoms with E-state index in [0.29, 0.717) is 26.1 Å². The normalized spacial score (nSPS) is 22.6. The van der Waals surface area contributed by atoms with Gasteiger partial charge in [-0.25, -0.2) is 4.39 Å². The third-order valence-corrected chi connectivity index (χ3v) is 4.71. The lowest BCUT2D eigenvalue weighted by Gasteiger charge is -2.36. The first-order valence-electron chi connectivity index (χ1n) is 8.30. The van der Waals surface area contributed by atoms with Crippen LogP contribution in [0.1, 0.15) is 12.8 Å². The number of anilines is 1. The summed E-state index contributed by atoms with van der Waals surface area (Å²) in [6, 6.07) is 6.51. The average Bonchev–Trinajstić information content (AvgIpc) is 2.99. The van der Waals surface area contributed by atoms with Crippen LogP contribution in [-0.4, -0.2) is 72.7 Å². The Hall–Kier alpha value is -1.66. The van der Waals surface area contributed by atoms with E-state index >= 15 is 0 Å². The van der Waals surface area contributed by atoms with Crippen LogP contribution in [0.5, 0.6) is 0 Å². The summed E-state index contributed by atoms with van der Waals surface area (Å²) in [6.07, 6.45) is 1.10. The van der Waals surface area contributed by atoms with Crippen LogP contribution in [0.4, 0.5) is 10.1 Å². The van der Waals surface area contributed by atoms with Crippen LogP contribution in [0.2, 0.25) is 0 Å². The molecule has 2 aliphatic rings. The molecule has 0 bridgehead atoms. The van der Waals surface area contributed by atoms with E-state index in [0.717, 1.165) is 38.3 Å². The Balaban J connectivity index is 1.43. The lowest BCUT2D eigenvalue weighted by atomic mass is 10.2. The number of amides is 1. The van der Waals surface area contributed by atoms with Crippen LogP contribution >= 0.6 is 0 Å². The van der Waals surface area contributed by atoms with Gasteiger partial charge >= 0.3 is 0 Å². The molecule has 2 heterocycles. The van der Waals surface area contributed by atoms with Gasteiger partial charge in [0.15, 0.2) is 0 Å². The highest BCUT2D eigenvalue weighted by Gasteiger charge is 2.24. The maximum absolute atomic E-state index is 13.0. The summed E-state index contributed by atoms with van der Waals surface area (Å²) in [7, 11) is 0. The number of carbonyl (C=O) groups excluding carboxylic acids is 1. The molecule has 1 aromatic rings. The molecular weight excluding hydrogens is 297 g/mol. The molecule has 0 unspecified atom stereocenters. The van der Waals surface area contributed by atoms with Crippen molar-refractivity contribution in [1.82, 2.24) is 9.80 Å². The van der Waals surface area contributed by atoms with Gasteiger partial charge in [0.1, 0.15) is 5.82 Å². The molecule has 23 heavy (non-hydrogen) atoms. The topological polar surface area (TPSA) is 47.0 Å². The zero-order valence-electron chi connectivity index (χ0n) is 13.3. The number of benzene rings is 1. The van der Waals surface area contributed by atoms with Gasteiger partial charge in [-0.2, -0.15) is 0 Å². The van der Waals surface area contributed by atoms with E-state index in [1.54, 1.807) is 12.1 Å². The molecule has 3 rings (SSSR count). The lowest BCUT2D eigenvalue weighted by Crippen LogP contribution is -2.49. The molecule has 1 atom stereocenters. The summed E-state index contributed by atoms with van der Waals surface area (Å²) >= 11 is 0. The molecule has 1 aromatic carbocycles. The van der Waals surface area contributed by atoms with Crippen LogP contribution in [0, 0.1) is 5.82 Å². The third-order valence-electron chi connectivity index (χ3n) is 4.71. The molecule has 2 fully saturated rings. The van der Waals surface area contributed by atoms with Crippen LogP contribution in [-0.2, 0) is 4.79 Å². The molecule has 0 radical (unpaired) electrons. The second kappa shape index (κ2) is 7.27. The van der Waals surface area contributed by atoms with Gasteiger partial charge in [-0.05, 0) is 30.7 Å². The quantitative estimate of drug-likeness (QED) is 0.896. The zero-order chi connectivity index (χ0) is 16.2. The van der Waals surface area contributed by atoms with Gasteiger partial charge in [0.2, 0.25) is 5.91 Å². The second-order valence-electron chi connectivity index (χ2n) is 6.34. The second-order valence-corrected chi connectivity index (χ2v) is 6.34. The fourth-order valence-corrected chi connectivity index (χ4v) is 3.29. The summed E-state index contributed by atoms with van der Waals surface area (Å²) in [4.78, 5) is 18.5. The van der Waals surface area contributed by atoms with E-state index in [1.807, 2.05) is 4.90 Å². The Morgan fingerprint density at radius 1 is 1.13 bits per heavy atom. The maximum atomic E-state index is 13.0. The molecule has 0 aromatic heterocycles. The number of nitrogens with zero attached hydrogens (tertiary/aromatic N) is 3. The van der Waals surface area contributed by atoms with E-state index in [2.05, 4.69) is 9.80 Å². The first-order valence-corrected chi connectivity index (χ1v) is 8.30. The number of hydrogen-bond donors (Lipinski definition) is 1. The fourth-order valence-electron chi connectivity index (χ4n) is 3.29. The molecular formula is C17H24FN3O2. The van der Waals surface area contributed by atoms with Crippen molar-refractivity contribution in [2.75, 3.05) is 50.7 Å². The van der Waals surface area contributed by atoms with Gasteiger partial charge in [-0.3, -0.25) is 4.79 Å². The predicted octanol–water partition coefficient (Wildman–Crippen LogP) is 0.931. The van der Waals surface area contributed by atoms with Gasteiger partial charge in [0.25, 0.3) is 0 Å². The first kappa shape index (κ1) is 16.2. The molecule has 1 amide bonds. The maximum Gasteiger partial charge on any atom is 0.223 e. The highest BCUT2D eigenvalue weighted by atomic mass is 19.1. The number of likely N-dealkylation sites (tertiary alicyclic amines) is 1. The summed E-state index contributed by atoms with van der Waals surface area (Å²) < 4.78 is 13.0. The number of β-amino-alcohol motifs (C(OH)–C–C–N with tert-alkyl or cyclic N) is 1. The zero-order valence-corrected chi connectivity index (χ0v) is 13.3. The Kier molecular flexibility index (Phi) is 5.13. The Morgan fingerprint density at radius 3 is 2.43 bits per heavy atom. The molecule has 0 aliphatic carbocycles. The smallest absolute Gasteiger partial charge is 0.223 e. The van der Waals surface area contributed by atoms with Crippen molar-refractivity contribution in [3.63, 3.8) is 0 Å². The Morgan fingerprint density at radius 2 is 1.83 bits per heavy atom. The van der Waals surface area contributed by atoms with Gasteiger partial charge in [0, 0.05) is 57.9 Å². The van der Waals surface area contributed by atoms with Gasteiger partial charge in [-0.15, -0.1) is 0 Å². The predicted molar refractivity (Wildman–Crippen MR) is 86.9 cm³/mol. The largest absolute Gasteiger partial charge is 0.392 e. The van der Waals surface area contributed by atoms with Crippen LogP contribution < -0.4 is 4.90 Å². The monoisotopic (exact) mass is 321 g/mol. The van der Waals surface area contributed by atoms with E-state index in [1.165, 1.54) is 12.1 Å². The number of hydrogen-bond acceptors (Lipinski definition) is 4. The van der Waals surface area contributed by atoms with Crippen molar-refractivity contribution >= 4 is 11.6 Å². The van der Waals surface area contributed by atoms with Crippen molar-refractivity contribution in [3.8, 4) is 0 Å². The van der Waals surface area contributed by atoms with Crippen molar-refractivity contribution in [2.45, 2.75) is 18.9 Å². The minimum Gasteiger partial charge on any atom is -0.392 e. The number of aliphatic hydroxyl groups is 1. The van der Waals surface area contributed by atoms with Crippen LogP contribution in [0.3, 0.4) is 0 Å². The van der Waals surface area contributed by atoms with Crippen LogP contribution in [0.25, 0.3) is 0 Å². The Bertz CT molecular complexity index is 529. The highest BCUT2D eigenvalue weighted by Crippen LogP contribution is 2.17. The summed E-state index contributed by atoms with van der Waals surface area (Å²) in [6.45, 7) is 5.27. The molecule has 0 spiro atoms. The fraction of sp³-hybridized carbons (Fsp3) is 0.588. The number of halogens is 1. The molecule has 5 nitrogen and oxygen atoms in total. The number of aliphatic hydroxyl groups excluding tert-OH is 1. The van der Waals surface area contributed by atoms with Gasteiger partial charge in [0.05, 0.1) is 6.10 Å². The van der Waals surface area contributed by atoms with Crippen molar-refractivity contribution in [2.24, 2.45) is 0 Å². The molecule has 1 N–H and O–H groups in total. The summed E-state index contributed by atoms with van der Waals surface area (Å²) in [5.41, 5.74) is 1.00. The van der Waals surface area contributed by atoms with E-state index in [-0.39, 0.29) is 17.8 Å². The Labute approximate surface area is 136 Å². The van der Waals surface area contributed by atoms with E-state index in [9.17, 15) is 14.3 Å². The number of piperazine rings is 1. The van der Waals surface area contributed by atoms with Crippen molar-refractivity contribution in [1.29, 1.82) is 0 Å². The number of carbonyl (C=O) groups is 1. The minimum absolute atomic E-state index is 0.185. The lowest BCUT2D eigenvalue weighted by molar-refractivity contribution is -0.131. The SMILES string of the molecule is O=C(CCN1CC[C@H](O)C1)N1CCN(c2ccc(F)cc2)CC1. The highest BCUT2D eigenvalue weighted by molar-refractivity contribution is 5.76. The molecule has 2 saturated heterocycles. The van der Waals surface area contributed by atoms with Crippen molar-refractivity contribution < 1.29 is 14.3 Å². The van der Waals surface area contributed by atoms with Crippen molar-refractivity contribution in [3.05, 3.63) is 30.1 Å². The standard InChI is InChI=1S/C17H24FN3O2/c18-14-1-3-15(4-2-14)20-9-11-21(12-10-20)17(23)6-8-19-7-5-16(22)13-19/h1-4,16,22H,5-13H2/t16-/m0/s1. The van der Waals surface area contributed by atoms with Gasteiger partial charge < -0.3 is 19.8 Å². The molecule has 6 heteroatoms. The first-order chi connectivity index (χ1) is 11.1. The summed E-state index contributed by atoms with van der Waals surface area (Å²) in [5.74, 6) is -0.0419. The van der Waals surface area contributed by atoms with E-state index in [4.69, 9.17) is 0 Å². The van der Waals surface area contributed by atoms with E-state index < -0.39 is 0 Å². The van der Waals surface area contributed by atoms with Crippen LogP contribution in [0.15, 0.2) is 24.3 Å². The van der Waals surface area contributed by atoms with Gasteiger partial charge in [-0.1, -0.05) is 0 Å². The minimum atomic E-state index is -0.232. The molecule has 126 valence electrons. The summed E-state index contributed by atoms with van der Waals surface area (Å²) in [5, 5.41) is 9.50. The average molecular weight is 321 g/mol.